The van der Waals surface area contributed by atoms with Crippen molar-refractivity contribution in [3.63, 3.8) is 0 Å². The van der Waals surface area contributed by atoms with Gasteiger partial charge >= 0.3 is 5.97 Å². The Morgan fingerprint density at radius 3 is 2.41 bits per heavy atom. The molecule has 0 aliphatic rings. The zero-order valence-corrected chi connectivity index (χ0v) is 19.4. The summed E-state index contributed by atoms with van der Waals surface area (Å²) >= 11 is 7.64. The lowest BCUT2D eigenvalue weighted by Gasteiger charge is -2.04. The first kappa shape index (κ1) is 23.2. The molecule has 1 heterocycles. The minimum Gasteiger partial charge on any atom is -0.490 e. The molecule has 0 aliphatic heterocycles. The zero-order chi connectivity index (χ0) is 23.9. The SMILES string of the molecule is C=CCOc1ccc(C(=O)N/N=C\c2ccc(OC(=O)c3sc4ccccc4c3Cl)cc2)cc1. The number of nitrogens with zero attached hydrogens (tertiary/aromatic N) is 1. The molecule has 0 aliphatic carbocycles. The highest BCUT2D eigenvalue weighted by Crippen LogP contribution is 2.35. The third kappa shape index (κ3) is 5.51. The lowest BCUT2D eigenvalue weighted by Crippen LogP contribution is -2.17. The maximum Gasteiger partial charge on any atom is 0.355 e. The third-order valence-corrected chi connectivity index (χ3v) is 6.33. The molecule has 170 valence electrons. The van der Waals surface area contributed by atoms with Crippen LogP contribution in [0.4, 0.5) is 0 Å². The molecule has 4 rings (SSSR count). The highest BCUT2D eigenvalue weighted by Gasteiger charge is 2.18. The van der Waals surface area contributed by atoms with E-state index in [2.05, 4.69) is 17.1 Å². The normalized spacial score (nSPS) is 10.9. The maximum atomic E-state index is 12.6. The lowest BCUT2D eigenvalue weighted by atomic mass is 10.2. The van der Waals surface area contributed by atoms with Crippen LogP contribution in [-0.2, 0) is 0 Å². The zero-order valence-electron chi connectivity index (χ0n) is 17.9. The van der Waals surface area contributed by atoms with Gasteiger partial charge in [-0.25, -0.2) is 10.2 Å². The van der Waals surface area contributed by atoms with Crippen molar-refractivity contribution in [1.82, 2.24) is 5.43 Å². The summed E-state index contributed by atoms with van der Waals surface area (Å²) in [5, 5.41) is 5.19. The number of halogens is 1. The number of hydrogen-bond donors (Lipinski definition) is 1. The Labute approximate surface area is 205 Å². The van der Waals surface area contributed by atoms with E-state index in [9.17, 15) is 9.59 Å². The van der Waals surface area contributed by atoms with Gasteiger partial charge in [0.1, 0.15) is 23.0 Å². The van der Waals surface area contributed by atoms with E-state index in [4.69, 9.17) is 21.1 Å². The molecule has 0 spiro atoms. The van der Waals surface area contributed by atoms with Crippen LogP contribution in [-0.4, -0.2) is 24.7 Å². The molecule has 0 saturated carbocycles. The Hall–Kier alpha value is -3.94. The van der Waals surface area contributed by atoms with Crippen molar-refractivity contribution in [1.29, 1.82) is 0 Å². The van der Waals surface area contributed by atoms with Gasteiger partial charge in [-0.3, -0.25) is 4.79 Å². The van der Waals surface area contributed by atoms with Crippen LogP contribution >= 0.6 is 22.9 Å². The van der Waals surface area contributed by atoms with E-state index in [1.54, 1.807) is 54.6 Å². The van der Waals surface area contributed by atoms with Gasteiger partial charge in [0.25, 0.3) is 5.91 Å². The van der Waals surface area contributed by atoms with E-state index in [0.29, 0.717) is 39.1 Å². The average Bonchev–Trinajstić information content (AvgIpc) is 3.21. The largest absolute Gasteiger partial charge is 0.490 e. The Bertz CT molecular complexity index is 1360. The predicted octanol–water partition coefficient (Wildman–Crippen LogP) is 6.10. The molecule has 1 amide bonds. The average molecular weight is 491 g/mol. The summed E-state index contributed by atoms with van der Waals surface area (Å²) in [5.41, 5.74) is 3.64. The molecular formula is C26H19ClN2O4S. The Morgan fingerprint density at radius 2 is 1.71 bits per heavy atom. The van der Waals surface area contributed by atoms with Crippen molar-refractivity contribution in [3.05, 3.63) is 106 Å². The molecule has 34 heavy (non-hydrogen) atoms. The number of thiophene rings is 1. The highest BCUT2D eigenvalue weighted by atomic mass is 35.5. The number of ether oxygens (including phenoxy) is 2. The lowest BCUT2D eigenvalue weighted by molar-refractivity contribution is 0.0739. The van der Waals surface area contributed by atoms with Crippen molar-refractivity contribution in [2.45, 2.75) is 0 Å². The number of carbonyl (C=O) groups excluding carboxylic acids is 2. The molecule has 0 radical (unpaired) electrons. The van der Waals surface area contributed by atoms with E-state index in [0.717, 1.165) is 10.1 Å². The second-order valence-corrected chi connectivity index (χ2v) is 8.45. The number of rotatable bonds is 8. The van der Waals surface area contributed by atoms with E-state index in [1.165, 1.54) is 17.6 Å². The Balaban J connectivity index is 1.33. The van der Waals surface area contributed by atoms with Gasteiger partial charge in [-0.2, -0.15) is 5.10 Å². The first-order valence-electron chi connectivity index (χ1n) is 10.2. The predicted molar refractivity (Wildman–Crippen MR) is 135 cm³/mol. The van der Waals surface area contributed by atoms with Crippen LogP contribution in [0.3, 0.4) is 0 Å². The molecule has 0 unspecified atom stereocenters. The highest BCUT2D eigenvalue weighted by molar-refractivity contribution is 7.21. The third-order valence-electron chi connectivity index (χ3n) is 4.68. The number of amides is 1. The van der Waals surface area contributed by atoms with Crippen molar-refractivity contribution < 1.29 is 19.1 Å². The van der Waals surface area contributed by atoms with E-state index in [1.807, 2.05) is 24.3 Å². The van der Waals surface area contributed by atoms with Gasteiger partial charge in [0.2, 0.25) is 0 Å². The summed E-state index contributed by atoms with van der Waals surface area (Å²) in [6.07, 6.45) is 3.14. The van der Waals surface area contributed by atoms with Crippen molar-refractivity contribution in [3.8, 4) is 11.5 Å². The molecule has 3 aromatic carbocycles. The molecule has 0 atom stereocenters. The fourth-order valence-electron chi connectivity index (χ4n) is 3.01. The first-order chi connectivity index (χ1) is 16.5. The molecule has 0 fully saturated rings. The fourth-order valence-corrected chi connectivity index (χ4v) is 4.39. The van der Waals surface area contributed by atoms with Gasteiger partial charge in [-0.05, 0) is 60.2 Å². The Morgan fingerprint density at radius 1 is 1.00 bits per heavy atom. The summed E-state index contributed by atoms with van der Waals surface area (Å²) in [6.45, 7) is 3.98. The van der Waals surface area contributed by atoms with Crippen LogP contribution in [0.15, 0.2) is 90.6 Å². The van der Waals surface area contributed by atoms with Gasteiger partial charge < -0.3 is 9.47 Å². The maximum absolute atomic E-state index is 12.6. The second kappa shape index (κ2) is 10.8. The summed E-state index contributed by atoms with van der Waals surface area (Å²) < 4.78 is 11.8. The van der Waals surface area contributed by atoms with Gasteiger partial charge in [0.05, 0.1) is 11.2 Å². The van der Waals surface area contributed by atoms with Gasteiger partial charge in [-0.1, -0.05) is 42.5 Å². The fraction of sp³-hybridized carbons (Fsp3) is 0.0385. The van der Waals surface area contributed by atoms with Crippen LogP contribution in [0.5, 0.6) is 11.5 Å². The molecular weight excluding hydrogens is 472 g/mol. The number of esters is 1. The van der Waals surface area contributed by atoms with Gasteiger partial charge in [-0.15, -0.1) is 11.3 Å². The van der Waals surface area contributed by atoms with Crippen LogP contribution in [0.25, 0.3) is 10.1 Å². The minimum atomic E-state index is -0.513. The van der Waals surface area contributed by atoms with Crippen LogP contribution < -0.4 is 14.9 Å². The topological polar surface area (TPSA) is 77.0 Å². The van der Waals surface area contributed by atoms with Gasteiger partial charge in [0, 0.05) is 15.6 Å². The number of hydrazone groups is 1. The minimum absolute atomic E-state index is 0.350. The second-order valence-electron chi connectivity index (χ2n) is 7.02. The number of benzene rings is 3. The van der Waals surface area contributed by atoms with Crippen molar-refractivity contribution in [2.24, 2.45) is 5.10 Å². The smallest absolute Gasteiger partial charge is 0.355 e. The summed E-state index contributed by atoms with van der Waals surface area (Å²) in [7, 11) is 0. The number of nitrogens with one attached hydrogen (secondary N) is 1. The summed E-state index contributed by atoms with van der Waals surface area (Å²) in [4.78, 5) is 25.1. The number of carbonyl (C=O) groups is 2. The van der Waals surface area contributed by atoms with E-state index in [-0.39, 0.29) is 5.91 Å². The van der Waals surface area contributed by atoms with Crippen LogP contribution in [0, 0.1) is 0 Å². The Kier molecular flexibility index (Phi) is 7.37. The molecule has 0 saturated heterocycles. The van der Waals surface area contributed by atoms with Gasteiger partial charge in [0.15, 0.2) is 0 Å². The molecule has 1 N–H and O–H groups in total. The molecule has 0 bridgehead atoms. The monoisotopic (exact) mass is 490 g/mol. The van der Waals surface area contributed by atoms with Crippen molar-refractivity contribution in [2.75, 3.05) is 6.61 Å². The molecule has 1 aromatic heterocycles. The van der Waals surface area contributed by atoms with Crippen LogP contribution in [0.2, 0.25) is 5.02 Å². The summed E-state index contributed by atoms with van der Waals surface area (Å²) in [5.74, 6) is 0.159. The molecule has 4 aromatic rings. The molecule has 6 nitrogen and oxygen atoms in total. The van der Waals surface area contributed by atoms with Crippen molar-refractivity contribution >= 4 is 51.1 Å². The van der Waals surface area contributed by atoms with E-state index >= 15 is 0 Å². The quantitative estimate of drug-likeness (QED) is 0.106. The molecule has 8 heteroatoms. The first-order valence-corrected chi connectivity index (χ1v) is 11.4. The number of fused-ring (bicyclic) bond motifs is 1. The van der Waals surface area contributed by atoms with E-state index < -0.39 is 5.97 Å². The van der Waals surface area contributed by atoms with Crippen LogP contribution in [0.1, 0.15) is 25.6 Å². The standard InChI is InChI=1S/C26H19ClN2O4S/c1-2-15-32-19-13-9-18(10-14-19)25(30)29-28-16-17-7-11-20(12-8-17)33-26(31)24-23(27)21-5-3-4-6-22(21)34-24/h2-14,16H,1,15H2,(H,29,30)/b28-16-. The summed E-state index contributed by atoms with van der Waals surface area (Å²) in [6, 6.07) is 21.0. The number of hydrogen-bond acceptors (Lipinski definition) is 6.